The van der Waals surface area contributed by atoms with Crippen molar-refractivity contribution in [3.63, 3.8) is 0 Å². The molecular formula is C21H20BrNO6. The average Bonchev–Trinajstić information content (AvgIpc) is 3.14. The van der Waals surface area contributed by atoms with Crippen LogP contribution in [0.5, 0.6) is 5.95 Å². The Morgan fingerprint density at radius 1 is 1.28 bits per heavy atom. The lowest BCUT2D eigenvalue weighted by Gasteiger charge is -2.13. The van der Waals surface area contributed by atoms with E-state index < -0.39 is 4.92 Å². The Morgan fingerprint density at radius 2 is 1.97 bits per heavy atom. The number of halogens is 1. The lowest BCUT2D eigenvalue weighted by Crippen LogP contribution is -2.15. The van der Waals surface area contributed by atoms with Gasteiger partial charge in [-0.1, -0.05) is 15.9 Å². The number of benzene rings is 1. The molecule has 1 aliphatic rings. The van der Waals surface area contributed by atoms with Crippen molar-refractivity contribution < 1.29 is 18.8 Å². The minimum Gasteiger partial charge on any atom is -0.468 e. The molecule has 0 amide bonds. The third-order valence-electron chi connectivity index (χ3n) is 4.71. The molecule has 2 heterocycles. The van der Waals surface area contributed by atoms with E-state index >= 15 is 0 Å². The number of hydrogen-bond acceptors (Lipinski definition) is 6. The molecule has 1 unspecified atom stereocenters. The number of nitro groups is 1. The molecule has 2 aromatic rings. The standard InChI is InChI=1S/C21H20BrNO6/c1-12-19(24)13(2)21(27-3)29-20(12)18-10-15(11-28-18)9-16(22)8-14-4-6-17(7-5-14)23(25)26/h4-9,18H,10-11H2,1-3H3/b15-9-,16-8-. The van der Waals surface area contributed by atoms with Gasteiger partial charge in [0.1, 0.15) is 11.9 Å². The average molecular weight is 462 g/mol. The lowest BCUT2D eigenvalue weighted by atomic mass is 10.0. The van der Waals surface area contributed by atoms with Crippen LogP contribution in [0.2, 0.25) is 0 Å². The van der Waals surface area contributed by atoms with Crippen LogP contribution >= 0.6 is 15.9 Å². The highest BCUT2D eigenvalue weighted by atomic mass is 79.9. The summed E-state index contributed by atoms with van der Waals surface area (Å²) in [6.45, 7) is 3.80. The number of methoxy groups -OCH3 is 1. The molecule has 0 saturated carbocycles. The summed E-state index contributed by atoms with van der Waals surface area (Å²) in [4.78, 5) is 22.7. The van der Waals surface area contributed by atoms with Crippen LogP contribution in [-0.2, 0) is 4.74 Å². The van der Waals surface area contributed by atoms with Gasteiger partial charge >= 0.3 is 0 Å². The van der Waals surface area contributed by atoms with Gasteiger partial charge in [0.2, 0.25) is 0 Å². The molecule has 1 atom stereocenters. The van der Waals surface area contributed by atoms with Gasteiger partial charge in [-0.05, 0) is 49.3 Å². The number of ether oxygens (including phenoxy) is 2. The second-order valence-electron chi connectivity index (χ2n) is 6.72. The largest absolute Gasteiger partial charge is 0.468 e. The first-order chi connectivity index (χ1) is 13.8. The second-order valence-corrected chi connectivity index (χ2v) is 7.64. The first-order valence-corrected chi connectivity index (χ1v) is 9.70. The smallest absolute Gasteiger partial charge is 0.291 e. The van der Waals surface area contributed by atoms with E-state index in [9.17, 15) is 14.9 Å². The van der Waals surface area contributed by atoms with Crippen LogP contribution in [0.25, 0.3) is 6.08 Å². The summed E-state index contributed by atoms with van der Waals surface area (Å²) >= 11 is 3.51. The van der Waals surface area contributed by atoms with Crippen LogP contribution in [0, 0.1) is 24.0 Å². The van der Waals surface area contributed by atoms with Crippen LogP contribution in [0.15, 0.2) is 49.6 Å². The number of non-ortho nitro benzene ring substituents is 1. The van der Waals surface area contributed by atoms with Crippen molar-refractivity contribution in [1.29, 1.82) is 0 Å². The van der Waals surface area contributed by atoms with Crippen LogP contribution < -0.4 is 10.2 Å². The van der Waals surface area contributed by atoms with Crippen LogP contribution in [-0.4, -0.2) is 18.6 Å². The Bertz CT molecular complexity index is 1050. The maximum atomic E-state index is 12.4. The summed E-state index contributed by atoms with van der Waals surface area (Å²) in [7, 11) is 1.46. The van der Waals surface area contributed by atoms with E-state index in [-0.39, 0.29) is 23.2 Å². The van der Waals surface area contributed by atoms with Crippen molar-refractivity contribution in [1.82, 2.24) is 0 Å². The Hall–Kier alpha value is -2.71. The molecule has 0 N–H and O–H groups in total. The quantitative estimate of drug-likeness (QED) is 0.459. The summed E-state index contributed by atoms with van der Waals surface area (Å²) in [5, 5.41) is 10.7. The first kappa shape index (κ1) is 21.0. The number of nitro benzene ring substituents is 1. The van der Waals surface area contributed by atoms with E-state index in [0.29, 0.717) is 29.9 Å². The molecule has 3 rings (SSSR count). The van der Waals surface area contributed by atoms with Crippen molar-refractivity contribution in [2.24, 2.45) is 0 Å². The highest BCUT2D eigenvalue weighted by Gasteiger charge is 2.28. The molecule has 0 spiro atoms. The monoisotopic (exact) mass is 461 g/mol. The molecule has 0 bridgehead atoms. The van der Waals surface area contributed by atoms with Gasteiger partial charge in [0, 0.05) is 28.6 Å². The maximum absolute atomic E-state index is 12.4. The molecule has 8 heteroatoms. The fourth-order valence-corrected chi connectivity index (χ4v) is 3.75. The Labute approximate surface area is 175 Å². The van der Waals surface area contributed by atoms with Gasteiger partial charge in [0.05, 0.1) is 24.2 Å². The fraction of sp³-hybridized carbons (Fsp3) is 0.286. The molecule has 29 heavy (non-hydrogen) atoms. The molecule has 1 aliphatic heterocycles. The van der Waals surface area contributed by atoms with Gasteiger partial charge in [0.15, 0.2) is 5.43 Å². The van der Waals surface area contributed by atoms with Crippen molar-refractivity contribution in [3.8, 4) is 5.95 Å². The van der Waals surface area contributed by atoms with E-state index in [1.165, 1.54) is 19.2 Å². The Balaban J connectivity index is 1.78. The Kier molecular flexibility index (Phi) is 6.34. The summed E-state index contributed by atoms with van der Waals surface area (Å²) < 4.78 is 17.6. The topological polar surface area (TPSA) is 91.8 Å². The van der Waals surface area contributed by atoms with Crippen molar-refractivity contribution in [2.45, 2.75) is 26.4 Å². The normalized spacial score (nSPS) is 18.3. The molecule has 1 aromatic carbocycles. The molecular weight excluding hydrogens is 442 g/mol. The Morgan fingerprint density at radius 3 is 2.59 bits per heavy atom. The SMILES string of the molecule is COc1oc(C2C/C(=C/C(Br)=C/c3ccc([N+](=O)[O-])cc3)CO2)c(C)c(=O)c1C. The zero-order chi connectivity index (χ0) is 21.1. The summed E-state index contributed by atoms with van der Waals surface area (Å²) in [5.41, 5.74) is 2.77. The van der Waals surface area contributed by atoms with E-state index in [1.54, 1.807) is 26.0 Å². The third kappa shape index (κ3) is 4.65. The highest BCUT2D eigenvalue weighted by molar-refractivity contribution is 9.12. The predicted molar refractivity (Wildman–Crippen MR) is 112 cm³/mol. The van der Waals surface area contributed by atoms with Crippen LogP contribution in [0.1, 0.15) is 35.0 Å². The van der Waals surface area contributed by atoms with Crippen LogP contribution in [0.4, 0.5) is 5.69 Å². The van der Waals surface area contributed by atoms with E-state index in [4.69, 9.17) is 13.9 Å². The predicted octanol–water partition coefficient (Wildman–Crippen LogP) is 5.00. The van der Waals surface area contributed by atoms with Gasteiger partial charge in [-0.3, -0.25) is 14.9 Å². The van der Waals surface area contributed by atoms with Gasteiger partial charge < -0.3 is 13.9 Å². The van der Waals surface area contributed by atoms with Crippen LogP contribution in [0.3, 0.4) is 0 Å². The highest BCUT2D eigenvalue weighted by Crippen LogP contribution is 2.36. The minimum atomic E-state index is -0.430. The zero-order valence-electron chi connectivity index (χ0n) is 16.2. The van der Waals surface area contributed by atoms with Crippen molar-refractivity contribution in [2.75, 3.05) is 13.7 Å². The minimum absolute atomic E-state index is 0.0500. The van der Waals surface area contributed by atoms with Gasteiger partial charge in [0.25, 0.3) is 11.6 Å². The molecule has 1 aromatic heterocycles. The first-order valence-electron chi connectivity index (χ1n) is 8.91. The number of rotatable bonds is 5. The van der Waals surface area contributed by atoms with E-state index in [0.717, 1.165) is 15.6 Å². The molecule has 0 radical (unpaired) electrons. The molecule has 7 nitrogen and oxygen atoms in total. The summed E-state index contributed by atoms with van der Waals surface area (Å²) in [6, 6.07) is 6.29. The maximum Gasteiger partial charge on any atom is 0.291 e. The number of allylic oxidation sites excluding steroid dienone is 2. The zero-order valence-corrected chi connectivity index (χ0v) is 17.8. The third-order valence-corrected chi connectivity index (χ3v) is 5.16. The summed E-state index contributed by atoms with van der Waals surface area (Å²) in [5.74, 6) is 0.687. The molecule has 1 saturated heterocycles. The fourth-order valence-electron chi connectivity index (χ4n) is 3.16. The second kappa shape index (κ2) is 8.75. The van der Waals surface area contributed by atoms with Gasteiger partial charge in [-0.2, -0.15) is 0 Å². The van der Waals surface area contributed by atoms with Crippen molar-refractivity contribution >= 4 is 27.7 Å². The number of hydrogen-bond donors (Lipinski definition) is 0. The van der Waals surface area contributed by atoms with Crippen molar-refractivity contribution in [3.05, 3.63) is 83.2 Å². The van der Waals surface area contributed by atoms with E-state index in [2.05, 4.69) is 15.9 Å². The lowest BCUT2D eigenvalue weighted by molar-refractivity contribution is -0.384. The molecule has 152 valence electrons. The summed E-state index contributed by atoms with van der Waals surface area (Å²) in [6.07, 6.45) is 4.03. The van der Waals surface area contributed by atoms with Gasteiger partial charge in [-0.25, -0.2) is 0 Å². The molecule has 0 aliphatic carbocycles. The van der Waals surface area contributed by atoms with Gasteiger partial charge in [-0.15, -0.1) is 0 Å². The van der Waals surface area contributed by atoms with E-state index in [1.807, 2.05) is 12.2 Å². The molecule has 1 fully saturated rings. The number of nitrogens with zero attached hydrogens (tertiary/aromatic N) is 1.